The first-order chi connectivity index (χ1) is 15.1. The number of hydrogen-bond donors (Lipinski definition) is 0. The van der Waals surface area contributed by atoms with E-state index in [1.807, 2.05) is 0 Å². The van der Waals surface area contributed by atoms with Gasteiger partial charge in [-0.15, -0.1) is 4.91 Å². The van der Waals surface area contributed by atoms with Gasteiger partial charge in [0.2, 0.25) is 0 Å². The van der Waals surface area contributed by atoms with Gasteiger partial charge in [0.15, 0.2) is 0 Å². The number of non-ortho nitro benzene ring substituents is 1. The number of fused-ring (bicyclic) bond motifs is 3. The summed E-state index contributed by atoms with van der Waals surface area (Å²) in [5, 5.41) is 25.6. The van der Waals surface area contributed by atoms with Crippen LogP contribution in [0.2, 0.25) is 0 Å². The van der Waals surface area contributed by atoms with Gasteiger partial charge in [0, 0.05) is 29.3 Å². The zero-order valence-corrected chi connectivity index (χ0v) is 15.7. The van der Waals surface area contributed by atoms with Crippen molar-refractivity contribution in [1.29, 1.82) is 0 Å². The second-order valence-corrected chi connectivity index (χ2v) is 6.70. The van der Waals surface area contributed by atoms with E-state index in [1.165, 1.54) is 18.2 Å². The summed E-state index contributed by atoms with van der Waals surface area (Å²) >= 11 is 0. The van der Waals surface area contributed by atoms with Crippen molar-refractivity contribution in [2.24, 2.45) is 10.2 Å². The number of nitroso groups, excluding NO2 is 1. The third kappa shape index (κ3) is 3.37. The van der Waals surface area contributed by atoms with E-state index in [0.717, 1.165) is 36.4 Å². The van der Waals surface area contributed by atoms with Crippen LogP contribution in [0.1, 0.15) is 16.7 Å². The second kappa shape index (κ2) is 7.34. The van der Waals surface area contributed by atoms with Gasteiger partial charge < -0.3 is 0 Å². The van der Waals surface area contributed by atoms with Gasteiger partial charge in [-0.1, -0.05) is 12.1 Å². The number of nitro groups is 2. The van der Waals surface area contributed by atoms with Crippen molar-refractivity contribution in [3.63, 3.8) is 0 Å². The molecule has 0 saturated heterocycles. The lowest BCUT2D eigenvalue weighted by Crippen LogP contribution is -2.06. The van der Waals surface area contributed by atoms with E-state index in [0.29, 0.717) is 0 Å². The van der Waals surface area contributed by atoms with Gasteiger partial charge in [0.1, 0.15) is 5.69 Å². The number of alkyl halides is 3. The quantitative estimate of drug-likeness (QED) is 0.215. The molecule has 3 aromatic carbocycles. The summed E-state index contributed by atoms with van der Waals surface area (Å²) in [5.74, 6) is 0. The first-order valence-corrected chi connectivity index (χ1v) is 8.82. The van der Waals surface area contributed by atoms with E-state index in [2.05, 4.69) is 10.2 Å². The molecule has 0 N–H and O–H groups in total. The fraction of sp³-hybridized carbons (Fsp3) is 0.0500. The number of hydrogen-bond acceptors (Lipinski definition) is 7. The molecule has 0 heterocycles. The van der Waals surface area contributed by atoms with Gasteiger partial charge in [0.05, 0.1) is 32.4 Å². The molecule has 9 nitrogen and oxygen atoms in total. The predicted molar refractivity (Wildman–Crippen MR) is 107 cm³/mol. The summed E-state index contributed by atoms with van der Waals surface area (Å²) in [6, 6.07) is 9.92. The van der Waals surface area contributed by atoms with E-state index >= 15 is 0 Å². The van der Waals surface area contributed by atoms with Gasteiger partial charge in [-0.25, -0.2) is 4.99 Å². The molecule has 0 saturated carbocycles. The van der Waals surface area contributed by atoms with Gasteiger partial charge in [-0.05, 0) is 35.0 Å². The maximum atomic E-state index is 13.5. The number of nitrogens with zero attached hydrogens (tertiary/aromatic N) is 4. The molecule has 1 aliphatic carbocycles. The van der Waals surface area contributed by atoms with Gasteiger partial charge >= 0.3 is 6.18 Å². The van der Waals surface area contributed by atoms with Crippen LogP contribution in [0, 0.1) is 25.1 Å². The molecular formula is C20H9F3N4O5. The normalized spacial score (nSPS) is 13.5. The van der Waals surface area contributed by atoms with Crippen LogP contribution in [-0.2, 0) is 6.18 Å². The topological polar surface area (TPSA) is 128 Å². The highest BCUT2D eigenvalue weighted by atomic mass is 19.4. The molecule has 4 rings (SSSR count). The lowest BCUT2D eigenvalue weighted by Gasteiger charge is -2.10. The highest BCUT2D eigenvalue weighted by Crippen LogP contribution is 2.47. The van der Waals surface area contributed by atoms with Crippen LogP contribution in [0.3, 0.4) is 0 Å². The van der Waals surface area contributed by atoms with Crippen LogP contribution in [-0.4, -0.2) is 15.6 Å². The van der Waals surface area contributed by atoms with E-state index in [-0.39, 0.29) is 39.3 Å². The summed E-state index contributed by atoms with van der Waals surface area (Å²) in [6.07, 6.45) is -4.74. The Morgan fingerprint density at radius 3 is 2.19 bits per heavy atom. The Labute approximate surface area is 176 Å². The standard InChI is InChI=1S/C20H9F3N4O5/c21-20(22,23)15-3-1-2-4-16(15)24-19-13-9-11(26(29)30)5-6-12(13)18-14(19)7-10(25-28)8-17(18)27(31)32/h1-9H. The third-order valence-electron chi connectivity index (χ3n) is 4.84. The Morgan fingerprint density at radius 2 is 1.56 bits per heavy atom. The van der Waals surface area contributed by atoms with Crippen molar-refractivity contribution in [3.05, 3.63) is 96.4 Å². The monoisotopic (exact) mass is 442 g/mol. The van der Waals surface area contributed by atoms with Crippen molar-refractivity contribution in [2.75, 3.05) is 0 Å². The number of nitro benzene ring substituents is 2. The van der Waals surface area contributed by atoms with Crippen molar-refractivity contribution in [1.82, 2.24) is 0 Å². The molecule has 0 aliphatic heterocycles. The molecule has 0 amide bonds. The number of aliphatic imine (C=N–C) groups is 1. The van der Waals surface area contributed by atoms with Crippen molar-refractivity contribution >= 4 is 28.5 Å². The number of rotatable bonds is 4. The maximum absolute atomic E-state index is 13.5. The fourth-order valence-corrected chi connectivity index (χ4v) is 3.54. The average Bonchev–Trinajstić information content (AvgIpc) is 3.05. The second-order valence-electron chi connectivity index (χ2n) is 6.70. The summed E-state index contributed by atoms with van der Waals surface area (Å²) < 4.78 is 40.4. The molecule has 32 heavy (non-hydrogen) atoms. The SMILES string of the molecule is O=Nc1cc2c(c([N+](=O)[O-])c1)-c1ccc([N+](=O)[O-])cc1C2=Nc1ccccc1C(F)(F)F. The predicted octanol–water partition coefficient (Wildman–Crippen LogP) is 6.07. The van der Waals surface area contributed by atoms with Crippen LogP contribution in [0.25, 0.3) is 11.1 Å². The van der Waals surface area contributed by atoms with Gasteiger partial charge in [0.25, 0.3) is 11.4 Å². The summed E-state index contributed by atoms with van der Waals surface area (Å²) in [4.78, 5) is 36.6. The van der Waals surface area contributed by atoms with Crippen LogP contribution in [0.15, 0.2) is 64.8 Å². The molecule has 0 spiro atoms. The summed E-state index contributed by atoms with van der Waals surface area (Å²) in [6.45, 7) is 0. The molecule has 0 fully saturated rings. The van der Waals surface area contributed by atoms with Gasteiger partial charge in [-0.2, -0.15) is 13.2 Å². The first-order valence-electron chi connectivity index (χ1n) is 8.82. The minimum Gasteiger partial charge on any atom is -0.258 e. The minimum atomic E-state index is -4.74. The molecule has 1 aliphatic rings. The molecule has 0 atom stereocenters. The van der Waals surface area contributed by atoms with E-state index < -0.39 is 33.0 Å². The highest BCUT2D eigenvalue weighted by Gasteiger charge is 2.36. The number of benzene rings is 3. The lowest BCUT2D eigenvalue weighted by molar-refractivity contribution is -0.385. The Balaban J connectivity index is 2.10. The smallest absolute Gasteiger partial charge is 0.258 e. The largest absolute Gasteiger partial charge is 0.418 e. The fourth-order valence-electron chi connectivity index (χ4n) is 3.54. The molecule has 160 valence electrons. The molecule has 0 aromatic heterocycles. The molecular weight excluding hydrogens is 433 g/mol. The summed E-state index contributed by atoms with van der Waals surface area (Å²) in [5.41, 5.74) is -2.84. The van der Waals surface area contributed by atoms with Crippen molar-refractivity contribution in [2.45, 2.75) is 6.18 Å². The zero-order valence-electron chi connectivity index (χ0n) is 15.7. The number of halogens is 3. The van der Waals surface area contributed by atoms with Crippen LogP contribution in [0.4, 0.5) is 35.9 Å². The molecule has 0 bridgehead atoms. The Morgan fingerprint density at radius 1 is 0.844 bits per heavy atom. The third-order valence-corrected chi connectivity index (χ3v) is 4.84. The highest BCUT2D eigenvalue weighted by molar-refractivity contribution is 6.27. The van der Waals surface area contributed by atoms with Crippen LogP contribution >= 0.6 is 0 Å². The lowest BCUT2D eigenvalue weighted by atomic mass is 10.0. The van der Waals surface area contributed by atoms with Crippen LogP contribution < -0.4 is 0 Å². The van der Waals surface area contributed by atoms with Crippen molar-refractivity contribution in [3.8, 4) is 11.1 Å². The Bertz CT molecular complexity index is 1350. The minimum absolute atomic E-state index is 0.0180. The Kier molecular flexibility index (Phi) is 4.76. The molecule has 0 radical (unpaired) electrons. The zero-order chi connectivity index (χ0) is 23.2. The first kappa shape index (κ1) is 20.8. The number of para-hydroxylation sites is 1. The van der Waals surface area contributed by atoms with E-state index in [1.54, 1.807) is 0 Å². The molecule has 0 unspecified atom stereocenters. The van der Waals surface area contributed by atoms with Crippen LogP contribution in [0.5, 0.6) is 0 Å². The Hall–Kier alpha value is -4.48. The molecule has 3 aromatic rings. The summed E-state index contributed by atoms with van der Waals surface area (Å²) in [7, 11) is 0. The average molecular weight is 442 g/mol. The van der Waals surface area contributed by atoms with Crippen molar-refractivity contribution < 1.29 is 23.0 Å². The molecule has 12 heteroatoms. The van der Waals surface area contributed by atoms with Gasteiger partial charge in [-0.3, -0.25) is 20.2 Å². The van der Waals surface area contributed by atoms with E-state index in [9.17, 15) is 38.3 Å². The maximum Gasteiger partial charge on any atom is 0.418 e. The van der Waals surface area contributed by atoms with E-state index in [4.69, 9.17) is 0 Å².